The minimum Gasteiger partial charge on any atom is -0.352 e. The highest BCUT2D eigenvalue weighted by atomic mass is 16.2. The lowest BCUT2D eigenvalue weighted by Crippen LogP contribution is -2.51. The molecule has 2 unspecified atom stereocenters. The van der Waals surface area contributed by atoms with Gasteiger partial charge in [-0.25, -0.2) is 0 Å². The fourth-order valence-electron chi connectivity index (χ4n) is 6.35. The molecular weight excluding hydrogens is 438 g/mol. The van der Waals surface area contributed by atoms with Gasteiger partial charge in [-0.2, -0.15) is 0 Å². The highest BCUT2D eigenvalue weighted by molar-refractivity contribution is 5.88. The number of carbonyl (C=O) groups excluding carboxylic acids is 3. The topological polar surface area (TPSA) is 78.5 Å². The Hall–Kier alpha value is -2.37. The van der Waals surface area contributed by atoms with Crippen molar-refractivity contribution in [3.05, 3.63) is 35.9 Å². The molecule has 2 aliphatic carbocycles. The summed E-state index contributed by atoms with van der Waals surface area (Å²) in [6, 6.07) is 9.87. The quantitative estimate of drug-likeness (QED) is 0.545. The first-order valence-electron chi connectivity index (χ1n) is 14.0. The predicted octanol–water partition coefficient (Wildman–Crippen LogP) is 4.51. The molecule has 6 heteroatoms. The molecule has 0 aromatic heterocycles. The molecular formula is C29H43N3O3. The van der Waals surface area contributed by atoms with Crippen molar-refractivity contribution in [1.82, 2.24) is 15.5 Å². The van der Waals surface area contributed by atoms with E-state index in [1.54, 1.807) is 0 Å². The van der Waals surface area contributed by atoms with Crippen LogP contribution in [0.5, 0.6) is 0 Å². The van der Waals surface area contributed by atoms with E-state index in [0.29, 0.717) is 31.2 Å². The van der Waals surface area contributed by atoms with Crippen LogP contribution in [0.15, 0.2) is 30.3 Å². The zero-order valence-electron chi connectivity index (χ0n) is 21.2. The normalized spacial score (nSPS) is 23.7. The van der Waals surface area contributed by atoms with Gasteiger partial charge in [0.2, 0.25) is 17.7 Å². The molecule has 1 saturated heterocycles. The molecule has 2 saturated carbocycles. The largest absolute Gasteiger partial charge is 0.352 e. The van der Waals surface area contributed by atoms with Gasteiger partial charge in [0.25, 0.3) is 0 Å². The van der Waals surface area contributed by atoms with E-state index < -0.39 is 6.04 Å². The molecule has 3 amide bonds. The smallest absolute Gasteiger partial charge is 0.243 e. The summed E-state index contributed by atoms with van der Waals surface area (Å²) in [7, 11) is 0. The molecule has 1 aliphatic heterocycles. The standard InChI is InChI=1S/C29H43N3O3/c33-27(18-9-19-28(34)32-20-10-14-23-13-7-8-17-26(23)32)31-25(21-22-11-3-1-4-12-22)29(35)30-24-15-5-2-6-16-24/h1,3-4,11-12,23-26H,2,5-10,13-21H2,(H,30,35)(H,31,33)/t23?,25-,26?/m0/s1. The second kappa shape index (κ2) is 13.1. The number of amides is 3. The molecule has 3 aliphatic rings. The maximum Gasteiger partial charge on any atom is 0.243 e. The van der Waals surface area contributed by atoms with E-state index in [1.807, 2.05) is 30.3 Å². The first-order chi connectivity index (χ1) is 17.1. The summed E-state index contributed by atoms with van der Waals surface area (Å²) >= 11 is 0. The van der Waals surface area contributed by atoms with E-state index in [2.05, 4.69) is 15.5 Å². The molecule has 1 heterocycles. The van der Waals surface area contributed by atoms with Crippen molar-refractivity contribution in [1.29, 1.82) is 0 Å². The number of fused-ring (bicyclic) bond motifs is 1. The molecule has 0 radical (unpaired) electrons. The molecule has 3 fully saturated rings. The van der Waals surface area contributed by atoms with Crippen molar-refractivity contribution in [2.24, 2.45) is 5.92 Å². The second-order valence-electron chi connectivity index (χ2n) is 10.8. The summed E-state index contributed by atoms with van der Waals surface area (Å²) in [6.45, 7) is 0.868. The van der Waals surface area contributed by atoms with Crippen molar-refractivity contribution < 1.29 is 14.4 Å². The Balaban J connectivity index is 1.27. The molecule has 4 rings (SSSR count). The summed E-state index contributed by atoms with van der Waals surface area (Å²) in [5.74, 6) is 0.630. The molecule has 192 valence electrons. The van der Waals surface area contributed by atoms with Gasteiger partial charge in [0.1, 0.15) is 6.04 Å². The van der Waals surface area contributed by atoms with E-state index in [-0.39, 0.29) is 30.2 Å². The Kier molecular flexibility index (Phi) is 9.61. The maximum absolute atomic E-state index is 13.1. The molecule has 0 spiro atoms. The van der Waals surface area contributed by atoms with E-state index in [9.17, 15) is 14.4 Å². The van der Waals surface area contributed by atoms with Crippen LogP contribution in [0.4, 0.5) is 0 Å². The van der Waals surface area contributed by atoms with Crippen LogP contribution < -0.4 is 10.6 Å². The van der Waals surface area contributed by atoms with Gasteiger partial charge in [-0.15, -0.1) is 0 Å². The Morgan fingerprint density at radius 3 is 2.37 bits per heavy atom. The molecule has 1 aromatic carbocycles. The molecule has 3 atom stereocenters. The SMILES string of the molecule is O=C(CCCC(=O)N1CCCC2CCCCC21)N[C@@H](Cc1ccccc1)C(=O)NC1CCCCC1. The monoisotopic (exact) mass is 481 g/mol. The number of hydrogen-bond donors (Lipinski definition) is 2. The van der Waals surface area contributed by atoms with E-state index >= 15 is 0 Å². The Bertz CT molecular complexity index is 835. The molecule has 2 N–H and O–H groups in total. The van der Waals surface area contributed by atoms with Crippen LogP contribution in [0.25, 0.3) is 0 Å². The van der Waals surface area contributed by atoms with Crippen LogP contribution in [-0.2, 0) is 20.8 Å². The zero-order chi connectivity index (χ0) is 24.5. The van der Waals surface area contributed by atoms with Crippen LogP contribution >= 0.6 is 0 Å². The molecule has 35 heavy (non-hydrogen) atoms. The van der Waals surface area contributed by atoms with Crippen molar-refractivity contribution in [3.63, 3.8) is 0 Å². The summed E-state index contributed by atoms with van der Waals surface area (Å²) < 4.78 is 0. The van der Waals surface area contributed by atoms with Crippen molar-refractivity contribution in [2.45, 2.75) is 114 Å². The Morgan fingerprint density at radius 1 is 0.857 bits per heavy atom. The van der Waals surface area contributed by atoms with Gasteiger partial charge in [-0.3, -0.25) is 14.4 Å². The number of nitrogens with zero attached hydrogens (tertiary/aromatic N) is 1. The summed E-state index contributed by atoms with van der Waals surface area (Å²) in [6.07, 6.45) is 14.5. The zero-order valence-corrected chi connectivity index (χ0v) is 21.2. The lowest BCUT2D eigenvalue weighted by Gasteiger charge is -2.44. The van der Waals surface area contributed by atoms with Gasteiger partial charge in [0, 0.05) is 37.9 Å². The third kappa shape index (κ3) is 7.55. The number of rotatable bonds is 9. The first kappa shape index (κ1) is 25.7. The lowest BCUT2D eigenvalue weighted by atomic mass is 9.78. The van der Waals surface area contributed by atoms with E-state index in [1.165, 1.54) is 32.1 Å². The van der Waals surface area contributed by atoms with Crippen molar-refractivity contribution >= 4 is 17.7 Å². The van der Waals surface area contributed by atoms with Crippen molar-refractivity contribution in [2.75, 3.05) is 6.54 Å². The van der Waals surface area contributed by atoms with Gasteiger partial charge in [-0.1, -0.05) is 62.4 Å². The third-order valence-corrected chi connectivity index (χ3v) is 8.24. The number of likely N-dealkylation sites (tertiary alicyclic amines) is 1. The number of benzene rings is 1. The summed E-state index contributed by atoms with van der Waals surface area (Å²) in [5.41, 5.74) is 1.03. The van der Waals surface area contributed by atoms with Gasteiger partial charge < -0.3 is 15.5 Å². The number of nitrogens with one attached hydrogen (secondary N) is 2. The molecule has 0 bridgehead atoms. The highest BCUT2D eigenvalue weighted by Gasteiger charge is 2.35. The number of carbonyl (C=O) groups is 3. The maximum atomic E-state index is 13.1. The van der Waals surface area contributed by atoms with Gasteiger partial charge in [0.05, 0.1) is 0 Å². The van der Waals surface area contributed by atoms with Crippen LogP contribution in [0.3, 0.4) is 0 Å². The third-order valence-electron chi connectivity index (χ3n) is 8.24. The predicted molar refractivity (Wildman–Crippen MR) is 138 cm³/mol. The van der Waals surface area contributed by atoms with Crippen LogP contribution in [0.2, 0.25) is 0 Å². The minimum absolute atomic E-state index is 0.0955. The lowest BCUT2D eigenvalue weighted by molar-refractivity contribution is -0.137. The molecule has 6 nitrogen and oxygen atoms in total. The summed E-state index contributed by atoms with van der Waals surface area (Å²) in [4.78, 5) is 41.0. The highest BCUT2D eigenvalue weighted by Crippen LogP contribution is 2.35. The van der Waals surface area contributed by atoms with Crippen molar-refractivity contribution in [3.8, 4) is 0 Å². The van der Waals surface area contributed by atoms with Gasteiger partial charge >= 0.3 is 0 Å². The average Bonchev–Trinajstić information content (AvgIpc) is 2.89. The van der Waals surface area contributed by atoms with Gasteiger partial charge in [-0.05, 0) is 56.4 Å². The Labute approximate surface area is 210 Å². The fraction of sp³-hybridized carbons (Fsp3) is 0.690. The van der Waals surface area contributed by atoms with E-state index in [0.717, 1.165) is 50.6 Å². The second-order valence-corrected chi connectivity index (χ2v) is 10.8. The van der Waals surface area contributed by atoms with Gasteiger partial charge in [0.15, 0.2) is 0 Å². The molecule has 1 aromatic rings. The van der Waals surface area contributed by atoms with Crippen LogP contribution in [0.1, 0.15) is 95.5 Å². The Morgan fingerprint density at radius 2 is 1.57 bits per heavy atom. The average molecular weight is 482 g/mol. The number of hydrogen-bond acceptors (Lipinski definition) is 3. The number of piperidine rings is 1. The first-order valence-corrected chi connectivity index (χ1v) is 14.0. The van der Waals surface area contributed by atoms with Crippen LogP contribution in [0, 0.1) is 5.92 Å². The van der Waals surface area contributed by atoms with Crippen LogP contribution in [-0.4, -0.2) is 47.3 Å². The fourth-order valence-corrected chi connectivity index (χ4v) is 6.35. The van der Waals surface area contributed by atoms with E-state index in [4.69, 9.17) is 0 Å². The summed E-state index contributed by atoms with van der Waals surface area (Å²) in [5, 5.41) is 6.15. The minimum atomic E-state index is -0.590.